The average molecular weight is 237 g/mol. The van der Waals surface area contributed by atoms with E-state index in [1.807, 2.05) is 0 Å². The Bertz CT molecular complexity index is 494. The molecular weight excluding hydrogens is 232 g/mol. The summed E-state index contributed by atoms with van der Waals surface area (Å²) in [6, 6.07) is 3.90. The monoisotopic (exact) mass is 237 g/mol. The van der Waals surface area contributed by atoms with Gasteiger partial charge in [-0.25, -0.2) is 4.98 Å². The first-order valence-electron chi connectivity index (χ1n) is 3.86. The molecule has 0 aliphatic heterocycles. The topological polar surface area (TPSA) is 48.1 Å². The van der Waals surface area contributed by atoms with E-state index < -0.39 is 6.36 Å². The second-order valence-electron chi connectivity index (χ2n) is 2.73. The van der Waals surface area contributed by atoms with Crippen molar-refractivity contribution in [2.45, 2.75) is 6.36 Å². The van der Waals surface area contributed by atoms with Crippen molar-refractivity contribution in [1.29, 1.82) is 0 Å². The molecule has 1 heterocycles. The van der Waals surface area contributed by atoms with E-state index in [9.17, 15) is 13.2 Å². The van der Waals surface area contributed by atoms with Crippen LogP contribution in [0, 0.1) is 0 Å². The maximum Gasteiger partial charge on any atom is 0.573 e. The Hall–Kier alpha value is -1.50. The summed E-state index contributed by atoms with van der Waals surface area (Å²) in [4.78, 5) is 3.91. The van der Waals surface area contributed by atoms with Gasteiger partial charge in [-0.05, 0) is 12.1 Å². The number of alkyl halides is 3. The molecule has 0 saturated heterocycles. The number of benzene rings is 1. The molecule has 0 aliphatic rings. The summed E-state index contributed by atoms with van der Waals surface area (Å²) in [5.74, 6) is -0.265. The number of hydrogen-bond acceptors (Lipinski definition) is 4. The maximum atomic E-state index is 11.9. The highest BCUT2D eigenvalue weighted by Gasteiger charge is 2.31. The van der Waals surface area contributed by atoms with Crippen LogP contribution in [0.2, 0.25) is 0 Å². The standard InChI is InChI=1S/C8H5F3N2OS/c9-8(10,11)14-4-1-2-5-6(3-4)15-7(12)13-5/h1-3H,(H2,12,13)/i7+1,12+1,13+1. The van der Waals surface area contributed by atoms with Gasteiger partial charge in [0.1, 0.15) is 5.75 Å². The molecule has 1 aromatic carbocycles. The molecule has 2 N–H and O–H groups in total. The number of halogens is 3. The minimum absolute atomic E-state index is 0.265. The van der Waals surface area contributed by atoms with Crippen LogP contribution in [0.1, 0.15) is 0 Å². The van der Waals surface area contributed by atoms with Crippen LogP contribution in [0.15, 0.2) is 18.2 Å². The fourth-order valence-electron chi connectivity index (χ4n) is 1.12. The molecule has 3 nitrogen and oxygen atoms in total. The van der Waals surface area contributed by atoms with Gasteiger partial charge in [0.05, 0.1) is 10.2 Å². The van der Waals surface area contributed by atoms with Gasteiger partial charge in [-0.3, -0.25) is 0 Å². The third-order valence-corrected chi connectivity index (χ3v) is 2.46. The third kappa shape index (κ3) is 2.30. The number of nitrogen functional groups attached to an aromatic ring is 1. The van der Waals surface area contributed by atoms with E-state index in [4.69, 9.17) is 5.73 Å². The fourth-order valence-corrected chi connectivity index (χ4v) is 1.88. The van der Waals surface area contributed by atoms with Gasteiger partial charge in [0, 0.05) is 6.07 Å². The van der Waals surface area contributed by atoms with Crippen LogP contribution in [-0.2, 0) is 0 Å². The van der Waals surface area contributed by atoms with Gasteiger partial charge >= 0.3 is 6.36 Å². The van der Waals surface area contributed by atoms with Crippen LogP contribution in [-0.4, -0.2) is 11.3 Å². The normalized spacial score (nSPS) is 11.9. The summed E-state index contributed by atoms with van der Waals surface area (Å²) in [6.07, 6.45) is -4.68. The molecule has 80 valence electrons. The molecule has 0 spiro atoms. The molecule has 2 rings (SSSR count). The zero-order valence-electron chi connectivity index (χ0n) is 7.21. The Morgan fingerprint density at radius 1 is 1.33 bits per heavy atom. The first-order chi connectivity index (χ1) is 6.94. The summed E-state index contributed by atoms with van der Waals surface area (Å²) in [5.41, 5.74) is 5.97. The first kappa shape index (κ1) is 10.0. The van der Waals surface area contributed by atoms with Crippen molar-refractivity contribution in [2.75, 3.05) is 5.73 Å². The van der Waals surface area contributed by atoms with Crippen molar-refractivity contribution in [2.24, 2.45) is 0 Å². The van der Waals surface area contributed by atoms with Crippen LogP contribution in [0.4, 0.5) is 18.3 Å². The lowest BCUT2D eigenvalue weighted by Gasteiger charge is -2.07. The third-order valence-electron chi connectivity index (χ3n) is 1.61. The molecule has 2 aromatic rings. The number of anilines is 1. The minimum Gasteiger partial charge on any atom is -0.406 e. The van der Waals surface area contributed by atoms with Crippen LogP contribution < -0.4 is 10.5 Å². The molecule has 0 radical (unpaired) electrons. The first-order valence-corrected chi connectivity index (χ1v) is 4.67. The predicted molar refractivity (Wildman–Crippen MR) is 50.7 cm³/mol. The Labute approximate surface area is 86.3 Å². The summed E-state index contributed by atoms with van der Waals surface area (Å²) < 4.78 is 40.0. The smallest absolute Gasteiger partial charge is 0.406 e. The highest BCUT2D eigenvalue weighted by molar-refractivity contribution is 7.22. The Morgan fingerprint density at radius 2 is 2.07 bits per heavy atom. The van der Waals surface area contributed by atoms with Crippen LogP contribution >= 0.6 is 11.3 Å². The molecule has 0 saturated carbocycles. The molecule has 0 fully saturated rings. The number of nitrogens with zero attached hydrogens (tertiary/aromatic N) is 1. The number of aromatic nitrogens is 1. The van der Waals surface area contributed by atoms with Crippen LogP contribution in [0.3, 0.4) is 0 Å². The number of ether oxygens (including phenoxy) is 1. The average Bonchev–Trinajstić information content (AvgIpc) is 2.40. The van der Waals surface area contributed by atoms with E-state index in [1.54, 1.807) is 0 Å². The molecule has 0 aliphatic carbocycles. The second kappa shape index (κ2) is 3.27. The van der Waals surface area contributed by atoms with Gasteiger partial charge in [-0.15, -0.1) is 13.2 Å². The Kier molecular flexibility index (Phi) is 2.18. The van der Waals surface area contributed by atoms with Crippen LogP contribution in [0.5, 0.6) is 5.75 Å². The summed E-state index contributed by atoms with van der Waals surface area (Å²) >= 11 is 1.11. The van der Waals surface area contributed by atoms with E-state index >= 15 is 0 Å². The molecular formula is C8H5F3N2OS. The number of hydrogen-bond donors (Lipinski definition) is 1. The minimum atomic E-state index is -4.68. The van der Waals surface area contributed by atoms with Gasteiger partial charge in [-0.1, -0.05) is 11.3 Å². The second-order valence-corrected chi connectivity index (χ2v) is 3.79. The highest BCUT2D eigenvalue weighted by Crippen LogP contribution is 2.30. The Morgan fingerprint density at radius 3 is 2.73 bits per heavy atom. The number of thiazole rings is 1. The molecule has 0 atom stereocenters. The quantitative estimate of drug-likeness (QED) is 0.776. The fraction of sp³-hybridized carbons (Fsp3) is 0.125. The van der Waals surface area contributed by atoms with E-state index in [0.29, 0.717) is 15.3 Å². The van der Waals surface area contributed by atoms with E-state index in [0.717, 1.165) is 11.3 Å². The largest absolute Gasteiger partial charge is 0.573 e. The Balaban J connectivity index is 2.38. The molecule has 7 heteroatoms. The van der Waals surface area contributed by atoms with Crippen molar-refractivity contribution in [3.8, 4) is 5.75 Å². The van der Waals surface area contributed by atoms with Crippen molar-refractivity contribution < 1.29 is 17.9 Å². The zero-order valence-corrected chi connectivity index (χ0v) is 8.02. The molecule has 15 heavy (non-hydrogen) atoms. The van der Waals surface area contributed by atoms with E-state index in [2.05, 4.69) is 9.72 Å². The van der Waals surface area contributed by atoms with Crippen molar-refractivity contribution in [3.05, 3.63) is 18.2 Å². The zero-order chi connectivity index (χ0) is 11.1. The lowest BCUT2D eigenvalue weighted by atomic mass is 10.3. The SMILES string of the molecule is [15NH2][13c]1[15n]c2ccc(OC(F)(F)F)cc2s1. The van der Waals surface area contributed by atoms with Crippen molar-refractivity contribution in [3.63, 3.8) is 0 Å². The summed E-state index contributed by atoms with van der Waals surface area (Å²) in [6.45, 7) is 0. The summed E-state index contributed by atoms with van der Waals surface area (Å²) in [5, 5.41) is 0.314. The maximum absolute atomic E-state index is 11.9. The van der Waals surface area contributed by atoms with E-state index in [1.165, 1.54) is 18.2 Å². The van der Waals surface area contributed by atoms with Crippen LogP contribution in [0.25, 0.3) is 10.2 Å². The van der Waals surface area contributed by atoms with Crippen molar-refractivity contribution in [1.82, 2.24) is 4.98 Å². The molecule has 1 aromatic heterocycles. The lowest BCUT2D eigenvalue weighted by Crippen LogP contribution is -2.16. The molecule has 0 unspecified atom stereocenters. The summed E-state index contributed by atoms with van der Waals surface area (Å²) in [7, 11) is 0. The van der Waals surface area contributed by atoms with Gasteiger partial charge in [0.2, 0.25) is 0 Å². The number of fused-ring (bicyclic) bond motifs is 1. The van der Waals surface area contributed by atoms with Gasteiger partial charge in [0.25, 0.3) is 0 Å². The number of nitrogens with two attached hydrogens (primary N) is 1. The van der Waals surface area contributed by atoms with Gasteiger partial charge in [-0.2, -0.15) is 0 Å². The van der Waals surface area contributed by atoms with Gasteiger partial charge in [0.15, 0.2) is 5.13 Å². The van der Waals surface area contributed by atoms with E-state index in [-0.39, 0.29) is 5.75 Å². The van der Waals surface area contributed by atoms with Gasteiger partial charge < -0.3 is 10.5 Å². The van der Waals surface area contributed by atoms with Crippen molar-refractivity contribution >= 4 is 26.7 Å². The predicted octanol–water partition coefficient (Wildman–Crippen LogP) is 2.78. The lowest BCUT2D eigenvalue weighted by molar-refractivity contribution is -0.274. The highest BCUT2D eigenvalue weighted by atomic mass is 32.1. The molecule has 0 bridgehead atoms. The number of rotatable bonds is 1. The molecule has 0 amide bonds.